The zero-order valence-corrected chi connectivity index (χ0v) is 30.3. The SMILES string of the molecule is C[C@H]1[C@H]([Si](C)(C)O)[C@@H](CCn2cc(CCO)nn2)O[C@]12C(=O)N(Cc1ccc(NC(=O)[C@H]3O[C@@H](O)[C@H](O)[C@@H](O)[C@@H]3O)cc1)c1ccc(Br)cc12. The molecule has 1 aromatic heterocycles. The molecule has 4 heterocycles. The third kappa shape index (κ3) is 6.67. The summed E-state index contributed by atoms with van der Waals surface area (Å²) >= 11 is 3.58. The lowest BCUT2D eigenvalue weighted by Crippen LogP contribution is -2.60. The molecule has 17 heteroatoms. The summed E-state index contributed by atoms with van der Waals surface area (Å²) in [6, 6.07) is 12.3. The fraction of sp³-hybridized carbons (Fsp3) is 0.515. The lowest BCUT2D eigenvalue weighted by atomic mass is 9.82. The number of carbonyl (C=O) groups excluding carboxylic acids is 2. The molecule has 2 fully saturated rings. The maximum Gasteiger partial charge on any atom is 0.264 e. The third-order valence-corrected chi connectivity index (χ3v) is 12.9. The van der Waals surface area contributed by atoms with Crippen LogP contribution in [-0.2, 0) is 44.2 Å². The summed E-state index contributed by atoms with van der Waals surface area (Å²) in [5.41, 5.74) is 1.53. The van der Waals surface area contributed by atoms with E-state index in [4.69, 9.17) is 9.47 Å². The van der Waals surface area contributed by atoms with E-state index >= 15 is 0 Å². The quantitative estimate of drug-likeness (QED) is 0.142. The third-order valence-electron chi connectivity index (χ3n) is 9.95. The minimum atomic E-state index is -2.88. The van der Waals surface area contributed by atoms with Gasteiger partial charge >= 0.3 is 0 Å². The van der Waals surface area contributed by atoms with E-state index < -0.39 is 56.6 Å². The number of amides is 2. The summed E-state index contributed by atoms with van der Waals surface area (Å²) in [4.78, 5) is 40.7. The van der Waals surface area contributed by atoms with E-state index in [1.54, 1.807) is 40.0 Å². The van der Waals surface area contributed by atoms with Gasteiger partial charge in [-0.15, -0.1) is 5.10 Å². The van der Waals surface area contributed by atoms with Crippen molar-refractivity contribution in [3.63, 3.8) is 0 Å². The number of aromatic nitrogens is 3. The van der Waals surface area contributed by atoms with E-state index in [-0.39, 0.29) is 30.5 Å². The molecule has 0 aliphatic carbocycles. The lowest BCUT2D eigenvalue weighted by Gasteiger charge is -2.37. The van der Waals surface area contributed by atoms with Crippen LogP contribution in [0.2, 0.25) is 18.6 Å². The number of aliphatic hydroxyl groups excluding tert-OH is 5. The fourth-order valence-corrected chi connectivity index (χ4v) is 10.5. The van der Waals surface area contributed by atoms with Gasteiger partial charge in [0.05, 0.1) is 24.0 Å². The van der Waals surface area contributed by atoms with Crippen LogP contribution >= 0.6 is 15.9 Å². The van der Waals surface area contributed by atoms with Gasteiger partial charge in [0.15, 0.2) is 26.3 Å². The lowest BCUT2D eigenvalue weighted by molar-refractivity contribution is -0.274. The number of rotatable bonds is 10. The Hall–Kier alpha value is -3.10. The molecule has 2 saturated heterocycles. The Morgan fingerprint density at radius 2 is 1.80 bits per heavy atom. The Kier molecular flexibility index (Phi) is 10.4. The van der Waals surface area contributed by atoms with Crippen molar-refractivity contribution in [2.75, 3.05) is 16.8 Å². The summed E-state index contributed by atoms with van der Waals surface area (Å²) < 4.78 is 14.4. The summed E-state index contributed by atoms with van der Waals surface area (Å²) in [5, 5.41) is 59.7. The molecule has 0 bridgehead atoms. The monoisotopic (exact) mass is 775 g/mol. The molecule has 15 nitrogen and oxygen atoms in total. The van der Waals surface area contributed by atoms with Gasteiger partial charge in [-0.2, -0.15) is 0 Å². The molecule has 0 saturated carbocycles. The van der Waals surface area contributed by atoms with Gasteiger partial charge in [-0.3, -0.25) is 14.3 Å². The Bertz CT molecular complexity index is 1720. The molecule has 1 spiro atoms. The molecule has 3 aromatic rings. The number of nitrogens with one attached hydrogen (secondary N) is 1. The molecule has 270 valence electrons. The van der Waals surface area contributed by atoms with Crippen LogP contribution in [0.4, 0.5) is 11.4 Å². The average Bonchev–Trinajstić information content (AvgIpc) is 3.71. The number of hydrogen-bond acceptors (Lipinski definition) is 12. The van der Waals surface area contributed by atoms with E-state index in [0.29, 0.717) is 42.0 Å². The van der Waals surface area contributed by atoms with Gasteiger partial charge < -0.3 is 50.0 Å². The van der Waals surface area contributed by atoms with Gasteiger partial charge in [-0.25, -0.2) is 0 Å². The second-order valence-electron chi connectivity index (χ2n) is 13.8. The first-order valence-corrected chi connectivity index (χ1v) is 20.3. The number of aryl methyl sites for hydroxylation is 1. The van der Waals surface area contributed by atoms with Crippen LogP contribution in [0.25, 0.3) is 0 Å². The minimum absolute atomic E-state index is 0.0318. The summed E-state index contributed by atoms with van der Waals surface area (Å²) in [6.07, 6.45) is -6.55. The van der Waals surface area contributed by atoms with Crippen molar-refractivity contribution < 1.29 is 49.4 Å². The molecule has 2 aromatic carbocycles. The summed E-state index contributed by atoms with van der Waals surface area (Å²) in [5.74, 6) is -1.43. The van der Waals surface area contributed by atoms with E-state index in [1.165, 1.54) is 0 Å². The van der Waals surface area contributed by atoms with E-state index in [1.807, 2.05) is 38.2 Å². The Balaban J connectivity index is 1.22. The predicted molar refractivity (Wildman–Crippen MR) is 184 cm³/mol. The molecule has 7 N–H and O–H groups in total. The average molecular weight is 777 g/mol. The molecule has 3 aliphatic rings. The molecule has 9 atom stereocenters. The zero-order valence-electron chi connectivity index (χ0n) is 27.8. The van der Waals surface area contributed by atoms with Gasteiger partial charge in [-0.1, -0.05) is 40.2 Å². The maximum atomic E-state index is 14.7. The van der Waals surface area contributed by atoms with Gasteiger partial charge in [-0.05, 0) is 55.4 Å². The molecule has 3 aliphatic heterocycles. The highest BCUT2D eigenvalue weighted by Gasteiger charge is 2.66. The van der Waals surface area contributed by atoms with E-state index in [0.717, 1.165) is 10.0 Å². The molecule has 0 unspecified atom stereocenters. The van der Waals surface area contributed by atoms with Crippen LogP contribution in [0.5, 0.6) is 0 Å². The number of ether oxygens (including phenoxy) is 2. The van der Waals surface area contributed by atoms with Crippen molar-refractivity contribution >= 4 is 47.4 Å². The van der Waals surface area contributed by atoms with Crippen molar-refractivity contribution in [2.24, 2.45) is 5.92 Å². The maximum absolute atomic E-state index is 14.7. The number of hydrogen-bond donors (Lipinski definition) is 7. The van der Waals surface area contributed by atoms with Crippen LogP contribution in [0, 0.1) is 5.92 Å². The van der Waals surface area contributed by atoms with Gasteiger partial charge in [0.25, 0.3) is 11.8 Å². The number of aliphatic hydroxyl groups is 5. The summed E-state index contributed by atoms with van der Waals surface area (Å²) in [7, 11) is -2.88. The predicted octanol–water partition coefficient (Wildman–Crippen LogP) is 0.749. The number of benzene rings is 2. The van der Waals surface area contributed by atoms with Crippen LogP contribution < -0.4 is 10.2 Å². The highest BCUT2D eigenvalue weighted by atomic mass is 79.9. The minimum Gasteiger partial charge on any atom is -0.432 e. The summed E-state index contributed by atoms with van der Waals surface area (Å²) in [6.45, 7) is 6.31. The van der Waals surface area contributed by atoms with Crippen molar-refractivity contribution in [1.82, 2.24) is 15.0 Å². The standard InChI is InChI=1S/C33H42BrN5O10Si/c1-17-29(50(2,3)47)24(10-12-38-16-21(11-13-40)36-37-38)49-33(17)22-14-19(34)6-9-23(22)39(32(33)46)15-18-4-7-20(8-5-18)35-30(44)28-26(42)25(41)27(43)31(45)48-28/h4-9,14,16-17,24-29,31,40-43,45,47H,10-13,15H2,1-3H3,(H,35,44)/t17-,24+,25-,26-,27+,28-,29-,31+,33+/m0/s1. The van der Waals surface area contributed by atoms with Gasteiger partial charge in [0.1, 0.15) is 18.3 Å². The fourth-order valence-electron chi connectivity index (χ4n) is 7.58. The largest absolute Gasteiger partial charge is 0.432 e. The molecule has 0 radical (unpaired) electrons. The van der Waals surface area contributed by atoms with Crippen LogP contribution in [0.15, 0.2) is 53.1 Å². The van der Waals surface area contributed by atoms with Crippen LogP contribution in [0.3, 0.4) is 0 Å². The van der Waals surface area contributed by atoms with Crippen molar-refractivity contribution in [1.29, 1.82) is 0 Å². The topological polar surface area (TPSA) is 220 Å². The van der Waals surface area contributed by atoms with Gasteiger partial charge in [0.2, 0.25) is 0 Å². The van der Waals surface area contributed by atoms with Gasteiger partial charge in [0, 0.05) is 53.0 Å². The molecular weight excluding hydrogens is 734 g/mol. The van der Waals surface area contributed by atoms with E-state index in [2.05, 4.69) is 31.6 Å². The highest BCUT2D eigenvalue weighted by molar-refractivity contribution is 9.10. The number of carbonyl (C=O) groups is 2. The number of nitrogens with zero attached hydrogens (tertiary/aromatic N) is 4. The first kappa shape index (κ1) is 36.7. The number of anilines is 2. The second-order valence-corrected chi connectivity index (χ2v) is 18.6. The Labute approximate surface area is 297 Å². The van der Waals surface area contributed by atoms with Crippen LogP contribution in [-0.4, -0.2) is 109 Å². The number of halogens is 1. The first-order chi connectivity index (χ1) is 23.6. The van der Waals surface area contributed by atoms with Crippen LogP contribution in [0.1, 0.15) is 30.2 Å². The van der Waals surface area contributed by atoms with Crippen molar-refractivity contribution in [3.8, 4) is 0 Å². The molecular formula is C33H42BrN5O10Si. The Morgan fingerprint density at radius 3 is 2.48 bits per heavy atom. The van der Waals surface area contributed by atoms with Crippen molar-refractivity contribution in [3.05, 3.63) is 70.0 Å². The molecule has 50 heavy (non-hydrogen) atoms. The Morgan fingerprint density at radius 1 is 1.08 bits per heavy atom. The highest BCUT2D eigenvalue weighted by Crippen LogP contribution is 2.60. The first-order valence-electron chi connectivity index (χ1n) is 16.4. The molecule has 2 amide bonds. The second kappa shape index (κ2) is 14.1. The normalized spacial score (nSPS) is 31.0. The zero-order chi connectivity index (χ0) is 36.1. The van der Waals surface area contributed by atoms with E-state index in [9.17, 15) is 39.9 Å². The smallest absolute Gasteiger partial charge is 0.264 e. The van der Waals surface area contributed by atoms with Crippen molar-refractivity contribution in [2.45, 2.75) is 93.9 Å². The molecule has 6 rings (SSSR count). The number of fused-ring (bicyclic) bond motifs is 2.